The molecule has 30 heavy (non-hydrogen) atoms. The van der Waals surface area contributed by atoms with Gasteiger partial charge in [-0.3, -0.25) is 4.79 Å². The summed E-state index contributed by atoms with van der Waals surface area (Å²) < 4.78 is 16.9. The van der Waals surface area contributed by atoms with Gasteiger partial charge in [0.2, 0.25) is 5.88 Å². The van der Waals surface area contributed by atoms with Crippen LogP contribution < -0.4 is 15.0 Å². The average Bonchev–Trinajstić information content (AvgIpc) is 3.40. The number of aromatic amines is 1. The van der Waals surface area contributed by atoms with E-state index in [0.717, 1.165) is 35.3 Å². The molecule has 4 aromatic rings. The lowest BCUT2D eigenvalue weighted by Crippen LogP contribution is -2.03. The maximum atomic E-state index is 11.3. The Morgan fingerprint density at radius 3 is 2.67 bits per heavy atom. The number of hydrogen-bond acceptors (Lipinski definition) is 5. The number of benzene rings is 2. The average molecular weight is 400 g/mol. The van der Waals surface area contributed by atoms with Crippen molar-refractivity contribution >= 4 is 0 Å². The van der Waals surface area contributed by atoms with Crippen molar-refractivity contribution in [3.63, 3.8) is 0 Å². The van der Waals surface area contributed by atoms with Crippen LogP contribution in [0, 0.1) is 0 Å². The summed E-state index contributed by atoms with van der Waals surface area (Å²) in [5.41, 5.74) is 5.17. The molecule has 150 valence electrons. The Labute approximate surface area is 173 Å². The highest BCUT2D eigenvalue weighted by molar-refractivity contribution is 5.73. The quantitative estimate of drug-likeness (QED) is 0.522. The lowest BCUT2D eigenvalue weighted by molar-refractivity contribution is 0.207. The third-order valence-corrected chi connectivity index (χ3v) is 5.41. The zero-order valence-corrected chi connectivity index (χ0v) is 16.4. The zero-order valence-electron chi connectivity index (χ0n) is 16.4. The number of pyridine rings is 1. The van der Waals surface area contributed by atoms with Crippen LogP contribution in [-0.2, 0) is 6.42 Å². The van der Waals surface area contributed by atoms with E-state index in [2.05, 4.69) is 28.3 Å². The van der Waals surface area contributed by atoms with Crippen molar-refractivity contribution in [2.75, 3.05) is 7.11 Å². The molecule has 0 saturated carbocycles. The van der Waals surface area contributed by atoms with Gasteiger partial charge in [-0.05, 0) is 65.9 Å². The molecule has 0 amide bonds. The number of H-pyrrole nitrogens is 1. The van der Waals surface area contributed by atoms with Crippen molar-refractivity contribution in [1.29, 1.82) is 0 Å². The Bertz CT molecular complexity index is 1240. The summed E-state index contributed by atoms with van der Waals surface area (Å²) >= 11 is 0. The number of ether oxygens (including phenoxy) is 2. The van der Waals surface area contributed by atoms with Crippen LogP contribution in [0.4, 0.5) is 0 Å². The van der Waals surface area contributed by atoms with E-state index in [9.17, 15) is 4.79 Å². The number of aromatic nitrogens is 2. The molecular formula is C24H20N2O4. The fourth-order valence-electron chi connectivity index (χ4n) is 4.04. The van der Waals surface area contributed by atoms with Crippen molar-refractivity contribution in [2.24, 2.45) is 0 Å². The third-order valence-electron chi connectivity index (χ3n) is 5.41. The maximum absolute atomic E-state index is 11.3. The minimum Gasteiger partial charge on any atom is -0.486 e. The molecule has 1 aliphatic carbocycles. The minimum absolute atomic E-state index is 0.0151. The van der Waals surface area contributed by atoms with Crippen LogP contribution in [0.3, 0.4) is 0 Å². The molecule has 1 unspecified atom stereocenters. The van der Waals surface area contributed by atoms with Crippen LogP contribution in [0.5, 0.6) is 11.6 Å². The van der Waals surface area contributed by atoms with E-state index in [1.807, 2.05) is 36.4 Å². The number of methoxy groups -OCH3 is 1. The molecule has 0 fully saturated rings. The summed E-state index contributed by atoms with van der Waals surface area (Å²) in [7, 11) is 1.64. The topological polar surface area (TPSA) is 77.4 Å². The van der Waals surface area contributed by atoms with Crippen LogP contribution in [0.1, 0.15) is 23.7 Å². The van der Waals surface area contributed by atoms with Gasteiger partial charge in [-0.15, -0.1) is 0 Å². The minimum atomic E-state index is -0.256. The molecule has 1 aliphatic rings. The predicted molar refractivity (Wildman–Crippen MR) is 113 cm³/mol. The van der Waals surface area contributed by atoms with Crippen LogP contribution in [0.25, 0.3) is 22.5 Å². The van der Waals surface area contributed by atoms with Crippen molar-refractivity contribution in [2.45, 2.75) is 18.9 Å². The van der Waals surface area contributed by atoms with E-state index < -0.39 is 0 Å². The molecule has 0 aliphatic heterocycles. The van der Waals surface area contributed by atoms with Crippen LogP contribution in [-0.4, -0.2) is 17.3 Å². The lowest BCUT2D eigenvalue weighted by Gasteiger charge is -2.16. The Morgan fingerprint density at radius 1 is 1.07 bits per heavy atom. The first-order chi connectivity index (χ1) is 14.7. The van der Waals surface area contributed by atoms with Gasteiger partial charge in [0.15, 0.2) is 5.76 Å². The van der Waals surface area contributed by atoms with Gasteiger partial charge in [0, 0.05) is 17.3 Å². The Hall–Kier alpha value is -3.80. The van der Waals surface area contributed by atoms with Gasteiger partial charge in [-0.2, -0.15) is 5.16 Å². The first kappa shape index (κ1) is 18.2. The summed E-state index contributed by atoms with van der Waals surface area (Å²) in [4.78, 5) is 15.6. The Kier molecular flexibility index (Phi) is 4.59. The van der Waals surface area contributed by atoms with Gasteiger partial charge in [-0.25, -0.2) is 4.98 Å². The highest BCUT2D eigenvalue weighted by atomic mass is 16.5. The van der Waals surface area contributed by atoms with E-state index >= 15 is 0 Å². The second kappa shape index (κ2) is 7.55. The molecule has 1 N–H and O–H groups in total. The number of fused-ring (bicyclic) bond motifs is 1. The molecule has 0 spiro atoms. The SMILES string of the molecule is COc1ncccc1-c1cccc2c1CCC2Oc1ccc(-c2cc(=O)[nH]o2)cc1. The fourth-order valence-corrected chi connectivity index (χ4v) is 4.04. The van der Waals surface area contributed by atoms with Crippen LogP contribution >= 0.6 is 0 Å². The second-order valence-electron chi connectivity index (χ2n) is 7.18. The highest BCUT2D eigenvalue weighted by Crippen LogP contribution is 2.41. The molecule has 2 aromatic carbocycles. The van der Waals surface area contributed by atoms with Gasteiger partial charge in [0.1, 0.15) is 11.9 Å². The number of nitrogens with one attached hydrogen (secondary N) is 1. The zero-order chi connectivity index (χ0) is 20.5. The smallest absolute Gasteiger partial charge is 0.280 e. The summed E-state index contributed by atoms with van der Waals surface area (Å²) in [6, 6.07) is 19.2. The molecule has 2 heterocycles. The van der Waals surface area contributed by atoms with Gasteiger partial charge in [-0.1, -0.05) is 18.2 Å². The lowest BCUT2D eigenvalue weighted by atomic mass is 9.97. The molecule has 5 rings (SSSR count). The van der Waals surface area contributed by atoms with E-state index in [1.54, 1.807) is 13.3 Å². The van der Waals surface area contributed by atoms with Gasteiger partial charge in [0.05, 0.1) is 13.2 Å². The molecule has 0 bridgehead atoms. The summed E-state index contributed by atoms with van der Waals surface area (Å²) in [6.45, 7) is 0. The molecule has 0 radical (unpaired) electrons. The molecule has 1 atom stereocenters. The van der Waals surface area contributed by atoms with Crippen molar-refractivity contribution in [1.82, 2.24) is 10.1 Å². The maximum Gasteiger partial charge on any atom is 0.280 e. The second-order valence-corrected chi connectivity index (χ2v) is 7.18. The molecular weight excluding hydrogens is 380 g/mol. The molecule has 6 heteroatoms. The number of nitrogens with zero attached hydrogens (tertiary/aromatic N) is 1. The monoisotopic (exact) mass is 400 g/mol. The van der Waals surface area contributed by atoms with Gasteiger partial charge in [0.25, 0.3) is 5.56 Å². The fraction of sp³-hybridized carbons (Fsp3) is 0.167. The standard InChI is InChI=1S/C24H20N2O4/c1-28-24-20(6-3-13-25-24)17-4-2-5-19-18(17)11-12-21(19)29-16-9-7-15(8-10-16)22-14-23(27)26-30-22/h2-10,13-14,21H,11-12H2,1H3,(H,26,27). The number of rotatable bonds is 5. The molecule has 2 aromatic heterocycles. The third kappa shape index (κ3) is 3.26. The molecule has 6 nitrogen and oxygen atoms in total. The first-order valence-corrected chi connectivity index (χ1v) is 9.79. The van der Waals surface area contributed by atoms with Crippen LogP contribution in [0.15, 0.2) is 76.2 Å². The van der Waals surface area contributed by atoms with Gasteiger partial charge < -0.3 is 14.0 Å². The van der Waals surface area contributed by atoms with Crippen molar-refractivity contribution in [3.05, 3.63) is 88.3 Å². The van der Waals surface area contributed by atoms with Crippen LogP contribution in [0.2, 0.25) is 0 Å². The molecule has 0 saturated heterocycles. The highest BCUT2D eigenvalue weighted by Gasteiger charge is 2.27. The van der Waals surface area contributed by atoms with E-state index in [0.29, 0.717) is 11.6 Å². The van der Waals surface area contributed by atoms with Crippen molar-refractivity contribution in [3.8, 4) is 34.1 Å². The Balaban J connectivity index is 1.41. The summed E-state index contributed by atoms with van der Waals surface area (Å²) in [6.07, 6.45) is 3.56. The summed E-state index contributed by atoms with van der Waals surface area (Å²) in [5, 5.41) is 2.30. The largest absolute Gasteiger partial charge is 0.486 e. The van der Waals surface area contributed by atoms with E-state index in [4.69, 9.17) is 14.0 Å². The first-order valence-electron chi connectivity index (χ1n) is 9.79. The Morgan fingerprint density at radius 2 is 1.90 bits per heavy atom. The van der Waals surface area contributed by atoms with Crippen molar-refractivity contribution < 1.29 is 14.0 Å². The van der Waals surface area contributed by atoms with Gasteiger partial charge >= 0.3 is 0 Å². The van der Waals surface area contributed by atoms with E-state index in [-0.39, 0.29) is 11.7 Å². The summed E-state index contributed by atoms with van der Waals surface area (Å²) in [5.74, 6) is 1.91. The van der Waals surface area contributed by atoms with E-state index in [1.165, 1.54) is 17.2 Å². The normalized spacial score (nSPS) is 15.0. The number of hydrogen-bond donors (Lipinski definition) is 1. The predicted octanol–water partition coefficient (Wildman–Crippen LogP) is 4.77.